The Bertz CT molecular complexity index is 573. The minimum Gasteiger partial charge on any atom is -0.373 e. The normalized spacial score (nSPS) is 16.3. The van der Waals surface area contributed by atoms with E-state index in [9.17, 15) is 4.79 Å². The molecular formula is C16H17N3O. The SMILES string of the molecule is O=C(NCCc1ccccn1)[C@@H]1Cc2ccccc2N1. The summed E-state index contributed by atoms with van der Waals surface area (Å²) in [5, 5.41) is 6.22. The summed E-state index contributed by atoms with van der Waals surface area (Å²) in [5.41, 5.74) is 3.27. The summed E-state index contributed by atoms with van der Waals surface area (Å²) in [6.07, 6.45) is 3.28. The first-order valence-corrected chi connectivity index (χ1v) is 6.85. The highest BCUT2D eigenvalue weighted by molar-refractivity contribution is 5.87. The number of anilines is 1. The molecule has 0 aliphatic carbocycles. The van der Waals surface area contributed by atoms with Crippen molar-refractivity contribution in [2.45, 2.75) is 18.9 Å². The van der Waals surface area contributed by atoms with Gasteiger partial charge in [0.25, 0.3) is 0 Å². The minimum absolute atomic E-state index is 0.0529. The van der Waals surface area contributed by atoms with Crippen LogP contribution in [0, 0.1) is 0 Å². The Balaban J connectivity index is 1.49. The molecule has 4 heteroatoms. The van der Waals surface area contributed by atoms with Crippen LogP contribution in [0.5, 0.6) is 0 Å². The number of para-hydroxylation sites is 1. The molecule has 102 valence electrons. The van der Waals surface area contributed by atoms with Crippen LogP contribution in [0.4, 0.5) is 5.69 Å². The van der Waals surface area contributed by atoms with Crippen molar-refractivity contribution in [3.8, 4) is 0 Å². The van der Waals surface area contributed by atoms with Crippen molar-refractivity contribution in [3.05, 3.63) is 59.9 Å². The van der Waals surface area contributed by atoms with E-state index in [0.717, 1.165) is 24.2 Å². The quantitative estimate of drug-likeness (QED) is 0.888. The lowest BCUT2D eigenvalue weighted by Crippen LogP contribution is -2.39. The Morgan fingerprint density at radius 3 is 2.90 bits per heavy atom. The molecule has 0 saturated heterocycles. The van der Waals surface area contributed by atoms with E-state index >= 15 is 0 Å². The first-order valence-electron chi connectivity index (χ1n) is 6.85. The molecule has 4 nitrogen and oxygen atoms in total. The van der Waals surface area contributed by atoms with Crippen LogP contribution in [-0.2, 0) is 17.6 Å². The van der Waals surface area contributed by atoms with Crippen LogP contribution in [0.25, 0.3) is 0 Å². The lowest BCUT2D eigenvalue weighted by molar-refractivity contribution is -0.121. The number of nitrogens with zero attached hydrogens (tertiary/aromatic N) is 1. The Kier molecular flexibility index (Phi) is 3.63. The zero-order chi connectivity index (χ0) is 13.8. The maximum atomic E-state index is 12.1. The average Bonchev–Trinajstić information content (AvgIpc) is 2.92. The average molecular weight is 267 g/mol. The van der Waals surface area contributed by atoms with Crippen LogP contribution in [0.1, 0.15) is 11.3 Å². The predicted octanol–water partition coefficient (Wildman–Crippen LogP) is 1.78. The fourth-order valence-electron chi connectivity index (χ4n) is 2.44. The van der Waals surface area contributed by atoms with Gasteiger partial charge in [0.1, 0.15) is 6.04 Å². The highest BCUT2D eigenvalue weighted by Gasteiger charge is 2.25. The number of amides is 1. The predicted molar refractivity (Wildman–Crippen MR) is 78.5 cm³/mol. The number of fused-ring (bicyclic) bond motifs is 1. The third-order valence-corrected chi connectivity index (χ3v) is 3.49. The molecule has 0 radical (unpaired) electrons. The van der Waals surface area contributed by atoms with E-state index in [1.165, 1.54) is 5.56 Å². The van der Waals surface area contributed by atoms with Gasteiger partial charge in [0.05, 0.1) is 0 Å². The molecule has 0 bridgehead atoms. The number of carbonyl (C=O) groups is 1. The van der Waals surface area contributed by atoms with E-state index in [1.807, 2.05) is 36.4 Å². The molecule has 1 aliphatic heterocycles. The summed E-state index contributed by atoms with van der Waals surface area (Å²) in [6, 6.07) is 13.7. The number of hydrogen-bond acceptors (Lipinski definition) is 3. The van der Waals surface area contributed by atoms with Gasteiger partial charge in [-0.2, -0.15) is 0 Å². The van der Waals surface area contributed by atoms with Gasteiger partial charge < -0.3 is 10.6 Å². The Hall–Kier alpha value is -2.36. The van der Waals surface area contributed by atoms with E-state index in [0.29, 0.717) is 6.54 Å². The second-order valence-electron chi connectivity index (χ2n) is 4.92. The molecule has 2 aromatic rings. The topological polar surface area (TPSA) is 54.0 Å². The summed E-state index contributed by atoms with van der Waals surface area (Å²) in [6.45, 7) is 0.615. The molecule has 20 heavy (non-hydrogen) atoms. The lowest BCUT2D eigenvalue weighted by atomic mass is 10.1. The number of hydrogen-bond donors (Lipinski definition) is 2. The molecule has 1 aromatic carbocycles. The van der Waals surface area contributed by atoms with Gasteiger partial charge in [-0.05, 0) is 23.8 Å². The van der Waals surface area contributed by atoms with Crippen LogP contribution in [-0.4, -0.2) is 23.5 Å². The molecule has 0 fully saturated rings. The van der Waals surface area contributed by atoms with E-state index in [4.69, 9.17) is 0 Å². The fourth-order valence-corrected chi connectivity index (χ4v) is 2.44. The first kappa shape index (κ1) is 12.7. The van der Waals surface area contributed by atoms with Crippen molar-refractivity contribution in [1.82, 2.24) is 10.3 Å². The summed E-state index contributed by atoms with van der Waals surface area (Å²) in [7, 11) is 0. The van der Waals surface area contributed by atoms with Crippen molar-refractivity contribution in [2.75, 3.05) is 11.9 Å². The number of benzene rings is 1. The Morgan fingerprint density at radius 1 is 1.25 bits per heavy atom. The standard InChI is InChI=1S/C16H17N3O/c20-16(18-10-8-13-6-3-4-9-17-13)15-11-12-5-1-2-7-14(12)19-15/h1-7,9,15,19H,8,10-11H2,(H,18,20)/t15-/m0/s1. The Morgan fingerprint density at radius 2 is 2.10 bits per heavy atom. The van der Waals surface area contributed by atoms with Gasteiger partial charge in [0.15, 0.2) is 0 Å². The van der Waals surface area contributed by atoms with Gasteiger partial charge in [-0.25, -0.2) is 0 Å². The second-order valence-corrected chi connectivity index (χ2v) is 4.92. The summed E-state index contributed by atoms with van der Waals surface area (Å²) in [5.74, 6) is 0.0529. The zero-order valence-electron chi connectivity index (χ0n) is 11.2. The van der Waals surface area contributed by atoms with E-state index in [-0.39, 0.29) is 11.9 Å². The summed E-state index contributed by atoms with van der Waals surface area (Å²) in [4.78, 5) is 16.3. The van der Waals surface area contributed by atoms with Crippen LogP contribution < -0.4 is 10.6 Å². The molecule has 1 amide bonds. The van der Waals surface area contributed by atoms with Crippen molar-refractivity contribution in [2.24, 2.45) is 0 Å². The third-order valence-electron chi connectivity index (χ3n) is 3.49. The Labute approximate surface area is 118 Å². The fraction of sp³-hybridized carbons (Fsp3) is 0.250. The maximum Gasteiger partial charge on any atom is 0.242 e. The van der Waals surface area contributed by atoms with Gasteiger partial charge >= 0.3 is 0 Å². The van der Waals surface area contributed by atoms with Gasteiger partial charge in [0, 0.05) is 37.0 Å². The minimum atomic E-state index is -0.156. The molecule has 3 rings (SSSR count). The number of carbonyl (C=O) groups excluding carboxylic acids is 1. The smallest absolute Gasteiger partial charge is 0.242 e. The van der Waals surface area contributed by atoms with Gasteiger partial charge in [-0.1, -0.05) is 24.3 Å². The van der Waals surface area contributed by atoms with Crippen molar-refractivity contribution in [1.29, 1.82) is 0 Å². The second kappa shape index (κ2) is 5.74. The molecule has 1 atom stereocenters. The largest absolute Gasteiger partial charge is 0.373 e. The third kappa shape index (κ3) is 2.79. The van der Waals surface area contributed by atoms with Crippen molar-refractivity contribution < 1.29 is 4.79 Å². The molecule has 0 saturated carbocycles. The highest BCUT2D eigenvalue weighted by Crippen LogP contribution is 2.24. The molecule has 0 unspecified atom stereocenters. The van der Waals surface area contributed by atoms with E-state index in [1.54, 1.807) is 6.20 Å². The molecule has 1 aliphatic rings. The number of nitrogens with one attached hydrogen (secondary N) is 2. The maximum absolute atomic E-state index is 12.1. The monoisotopic (exact) mass is 267 g/mol. The summed E-state index contributed by atoms with van der Waals surface area (Å²) < 4.78 is 0. The number of aromatic nitrogens is 1. The number of rotatable bonds is 4. The van der Waals surface area contributed by atoms with Gasteiger partial charge in [-0.15, -0.1) is 0 Å². The van der Waals surface area contributed by atoms with Crippen LogP contribution in [0.15, 0.2) is 48.7 Å². The lowest BCUT2D eigenvalue weighted by Gasteiger charge is -2.11. The van der Waals surface area contributed by atoms with Crippen LogP contribution in [0.3, 0.4) is 0 Å². The van der Waals surface area contributed by atoms with Crippen molar-refractivity contribution in [3.63, 3.8) is 0 Å². The molecule has 1 aromatic heterocycles. The molecule has 2 N–H and O–H groups in total. The summed E-state index contributed by atoms with van der Waals surface area (Å²) >= 11 is 0. The van der Waals surface area contributed by atoms with Crippen LogP contribution >= 0.6 is 0 Å². The van der Waals surface area contributed by atoms with Gasteiger partial charge in [0.2, 0.25) is 5.91 Å². The first-order chi connectivity index (χ1) is 9.83. The zero-order valence-corrected chi connectivity index (χ0v) is 11.2. The van der Waals surface area contributed by atoms with Crippen molar-refractivity contribution >= 4 is 11.6 Å². The van der Waals surface area contributed by atoms with Crippen LogP contribution in [0.2, 0.25) is 0 Å². The van der Waals surface area contributed by atoms with E-state index in [2.05, 4.69) is 21.7 Å². The molecule has 0 spiro atoms. The molecular weight excluding hydrogens is 250 g/mol. The number of pyridine rings is 1. The highest BCUT2D eigenvalue weighted by atomic mass is 16.2. The van der Waals surface area contributed by atoms with Gasteiger partial charge in [-0.3, -0.25) is 9.78 Å². The molecule has 2 heterocycles. The van der Waals surface area contributed by atoms with E-state index < -0.39 is 0 Å².